The summed E-state index contributed by atoms with van der Waals surface area (Å²) < 4.78 is 6.20. The molecule has 3 saturated heterocycles. The molecule has 6 nitrogen and oxygen atoms in total. The zero-order valence-corrected chi connectivity index (χ0v) is 15.9. The number of likely N-dealkylation sites (tertiary alicyclic amines) is 1. The summed E-state index contributed by atoms with van der Waals surface area (Å²) in [6.45, 7) is 5.45. The van der Waals surface area contributed by atoms with Gasteiger partial charge in [-0.25, -0.2) is 0 Å². The Balaban J connectivity index is 1.59. The van der Waals surface area contributed by atoms with Crippen LogP contribution < -0.4 is 4.90 Å². The van der Waals surface area contributed by atoms with E-state index in [4.69, 9.17) is 4.74 Å². The van der Waals surface area contributed by atoms with E-state index >= 15 is 0 Å². The predicted molar refractivity (Wildman–Crippen MR) is 99.0 cm³/mol. The van der Waals surface area contributed by atoms with Gasteiger partial charge in [0.1, 0.15) is 0 Å². The van der Waals surface area contributed by atoms with Crippen LogP contribution in [0, 0.1) is 5.92 Å². The SMILES string of the molecule is CC(C)[C@@H]1CO[C@@]23CCN(C(=O)c4ccc(N(C)C)cc4)[C@@H]2CC(=O)N13. The topological polar surface area (TPSA) is 53.1 Å². The molecule has 0 bridgehead atoms. The Bertz CT molecular complexity index is 730. The Morgan fingerprint density at radius 2 is 1.96 bits per heavy atom. The molecular formula is C20H27N3O3. The smallest absolute Gasteiger partial charge is 0.254 e. The standard InChI is InChI=1S/C20H27N3O3/c1-13(2)16-12-26-20-9-10-22(17(20)11-18(24)23(16)20)19(25)14-5-7-15(8-6-14)21(3)4/h5-8,13,16-17H,9-12H2,1-4H3/t16-,17+,20-/m0/s1. The molecule has 3 aliphatic heterocycles. The molecule has 26 heavy (non-hydrogen) atoms. The van der Waals surface area contributed by atoms with E-state index in [1.54, 1.807) is 0 Å². The van der Waals surface area contributed by atoms with Crippen molar-refractivity contribution in [1.29, 1.82) is 0 Å². The average molecular weight is 357 g/mol. The molecule has 4 rings (SSSR count). The summed E-state index contributed by atoms with van der Waals surface area (Å²) in [7, 11) is 3.95. The monoisotopic (exact) mass is 357 g/mol. The summed E-state index contributed by atoms with van der Waals surface area (Å²) in [6.07, 6.45) is 1.07. The molecule has 1 aromatic carbocycles. The molecule has 3 heterocycles. The molecule has 2 amide bonds. The number of benzene rings is 1. The van der Waals surface area contributed by atoms with Crippen LogP contribution in [0.3, 0.4) is 0 Å². The quantitative estimate of drug-likeness (QED) is 0.830. The van der Waals surface area contributed by atoms with Crippen molar-refractivity contribution in [2.24, 2.45) is 5.92 Å². The van der Waals surface area contributed by atoms with Crippen LogP contribution in [0.5, 0.6) is 0 Å². The van der Waals surface area contributed by atoms with Gasteiger partial charge in [-0.15, -0.1) is 0 Å². The van der Waals surface area contributed by atoms with E-state index in [9.17, 15) is 9.59 Å². The average Bonchev–Trinajstić information content (AvgIpc) is 3.23. The van der Waals surface area contributed by atoms with E-state index in [0.717, 1.165) is 5.69 Å². The summed E-state index contributed by atoms with van der Waals surface area (Å²) in [5.74, 6) is 0.454. The van der Waals surface area contributed by atoms with Crippen molar-refractivity contribution in [3.63, 3.8) is 0 Å². The molecule has 1 aromatic rings. The molecule has 140 valence electrons. The van der Waals surface area contributed by atoms with Gasteiger partial charge in [0.05, 0.1) is 25.1 Å². The Morgan fingerprint density at radius 3 is 2.58 bits per heavy atom. The first-order valence-electron chi connectivity index (χ1n) is 9.39. The Morgan fingerprint density at radius 1 is 1.27 bits per heavy atom. The van der Waals surface area contributed by atoms with E-state index in [1.165, 1.54) is 0 Å². The fraction of sp³-hybridized carbons (Fsp3) is 0.600. The van der Waals surface area contributed by atoms with Gasteiger partial charge in [-0.3, -0.25) is 9.59 Å². The number of amides is 2. The lowest BCUT2D eigenvalue weighted by Crippen LogP contribution is -2.51. The van der Waals surface area contributed by atoms with Crippen LogP contribution in [0.4, 0.5) is 5.69 Å². The predicted octanol–water partition coefficient (Wildman–Crippen LogP) is 1.95. The molecule has 3 atom stereocenters. The highest BCUT2D eigenvalue weighted by Crippen LogP contribution is 2.49. The second-order valence-electron chi connectivity index (χ2n) is 8.14. The van der Waals surface area contributed by atoms with Crippen LogP contribution in [0.25, 0.3) is 0 Å². The Hall–Kier alpha value is -2.08. The molecule has 3 aliphatic rings. The van der Waals surface area contributed by atoms with Gasteiger partial charge < -0.3 is 19.4 Å². The first-order valence-corrected chi connectivity index (χ1v) is 9.39. The Labute approximate surface area is 154 Å². The molecule has 0 saturated carbocycles. The third-order valence-corrected chi connectivity index (χ3v) is 6.15. The van der Waals surface area contributed by atoms with Crippen molar-refractivity contribution in [2.75, 3.05) is 32.1 Å². The number of anilines is 1. The van der Waals surface area contributed by atoms with Crippen molar-refractivity contribution in [2.45, 2.75) is 44.5 Å². The lowest BCUT2D eigenvalue weighted by molar-refractivity contribution is -0.139. The molecule has 0 radical (unpaired) electrons. The summed E-state index contributed by atoms with van der Waals surface area (Å²) >= 11 is 0. The molecule has 6 heteroatoms. The highest BCUT2D eigenvalue weighted by Gasteiger charge is 2.65. The van der Waals surface area contributed by atoms with Gasteiger partial charge in [0.2, 0.25) is 5.91 Å². The van der Waals surface area contributed by atoms with Gasteiger partial charge in [0, 0.05) is 38.3 Å². The maximum absolute atomic E-state index is 13.1. The van der Waals surface area contributed by atoms with Gasteiger partial charge >= 0.3 is 0 Å². The van der Waals surface area contributed by atoms with Crippen LogP contribution in [0.1, 0.15) is 37.0 Å². The van der Waals surface area contributed by atoms with Gasteiger partial charge in [0.25, 0.3) is 5.91 Å². The minimum atomic E-state index is -0.606. The summed E-state index contributed by atoms with van der Waals surface area (Å²) in [6, 6.07) is 7.56. The third kappa shape index (κ3) is 2.35. The number of rotatable bonds is 3. The fourth-order valence-electron chi connectivity index (χ4n) is 4.68. The summed E-state index contributed by atoms with van der Waals surface area (Å²) in [5.41, 5.74) is 1.11. The van der Waals surface area contributed by atoms with Gasteiger partial charge in [-0.05, 0) is 30.2 Å². The maximum atomic E-state index is 13.1. The second kappa shape index (κ2) is 5.98. The first-order chi connectivity index (χ1) is 12.3. The largest absolute Gasteiger partial charge is 0.378 e. The summed E-state index contributed by atoms with van der Waals surface area (Å²) in [5, 5.41) is 0. The minimum Gasteiger partial charge on any atom is -0.378 e. The van der Waals surface area contributed by atoms with Crippen molar-refractivity contribution in [3.05, 3.63) is 29.8 Å². The Kier molecular flexibility index (Phi) is 3.99. The fourth-order valence-corrected chi connectivity index (χ4v) is 4.68. The van der Waals surface area contributed by atoms with Crippen LogP contribution >= 0.6 is 0 Å². The number of carbonyl (C=O) groups is 2. The van der Waals surface area contributed by atoms with E-state index in [2.05, 4.69) is 13.8 Å². The normalized spacial score (nSPS) is 30.1. The molecule has 0 aliphatic carbocycles. The molecule has 3 fully saturated rings. The lowest BCUT2D eigenvalue weighted by atomic mass is 10.0. The number of hydrogen-bond acceptors (Lipinski definition) is 4. The van der Waals surface area contributed by atoms with Crippen LogP contribution in [0.2, 0.25) is 0 Å². The van der Waals surface area contributed by atoms with E-state index in [0.29, 0.717) is 37.5 Å². The zero-order chi connectivity index (χ0) is 18.6. The molecule has 1 spiro atoms. The number of ether oxygens (including phenoxy) is 1. The first kappa shape index (κ1) is 17.3. The van der Waals surface area contributed by atoms with Gasteiger partial charge in [-0.2, -0.15) is 0 Å². The van der Waals surface area contributed by atoms with Crippen molar-refractivity contribution >= 4 is 17.5 Å². The lowest BCUT2D eigenvalue weighted by Gasteiger charge is -2.34. The highest BCUT2D eigenvalue weighted by atomic mass is 16.5. The number of carbonyl (C=O) groups excluding carboxylic acids is 2. The van der Waals surface area contributed by atoms with Crippen LogP contribution in [0.15, 0.2) is 24.3 Å². The number of hydrogen-bond donors (Lipinski definition) is 0. The van der Waals surface area contributed by atoms with Crippen molar-refractivity contribution in [1.82, 2.24) is 9.80 Å². The maximum Gasteiger partial charge on any atom is 0.254 e. The highest BCUT2D eigenvalue weighted by molar-refractivity contribution is 5.96. The molecule has 0 N–H and O–H groups in total. The number of nitrogens with zero attached hydrogens (tertiary/aromatic N) is 3. The minimum absolute atomic E-state index is 0.0107. The molecule has 0 aromatic heterocycles. The zero-order valence-electron chi connectivity index (χ0n) is 15.9. The summed E-state index contributed by atoms with van der Waals surface area (Å²) in [4.78, 5) is 31.6. The van der Waals surface area contributed by atoms with Crippen LogP contribution in [-0.2, 0) is 9.53 Å². The third-order valence-electron chi connectivity index (χ3n) is 6.15. The second-order valence-corrected chi connectivity index (χ2v) is 8.14. The van der Waals surface area contributed by atoms with Crippen molar-refractivity contribution in [3.8, 4) is 0 Å². The van der Waals surface area contributed by atoms with E-state index in [1.807, 2.05) is 53.1 Å². The van der Waals surface area contributed by atoms with Crippen molar-refractivity contribution < 1.29 is 14.3 Å². The molecular weight excluding hydrogens is 330 g/mol. The van der Waals surface area contributed by atoms with E-state index < -0.39 is 5.72 Å². The van der Waals surface area contributed by atoms with E-state index in [-0.39, 0.29) is 23.9 Å². The van der Waals surface area contributed by atoms with Crippen LogP contribution in [-0.4, -0.2) is 66.7 Å². The molecule has 0 unspecified atom stereocenters. The van der Waals surface area contributed by atoms with Gasteiger partial charge in [0.15, 0.2) is 5.72 Å². The van der Waals surface area contributed by atoms with Gasteiger partial charge in [-0.1, -0.05) is 13.8 Å².